The summed E-state index contributed by atoms with van der Waals surface area (Å²) in [7, 11) is 0. The predicted molar refractivity (Wildman–Crippen MR) is 78.3 cm³/mol. The van der Waals surface area contributed by atoms with Gasteiger partial charge in [-0.3, -0.25) is 4.57 Å². The number of rotatable bonds is 3. The SMILES string of the molecule is Clc1nc(NC2CC2)c2ncn(-c3ccccc3)c2n1. The number of imidazole rings is 1. The van der Waals surface area contributed by atoms with Gasteiger partial charge in [-0.25, -0.2) is 4.98 Å². The van der Waals surface area contributed by atoms with Gasteiger partial charge in [0.2, 0.25) is 5.28 Å². The van der Waals surface area contributed by atoms with Gasteiger partial charge in [-0.05, 0) is 36.6 Å². The minimum atomic E-state index is 0.235. The summed E-state index contributed by atoms with van der Waals surface area (Å²) < 4.78 is 1.92. The van der Waals surface area contributed by atoms with Crippen molar-refractivity contribution in [1.29, 1.82) is 0 Å². The highest BCUT2D eigenvalue weighted by Crippen LogP contribution is 2.29. The van der Waals surface area contributed by atoms with Gasteiger partial charge < -0.3 is 5.32 Å². The monoisotopic (exact) mass is 285 g/mol. The number of nitrogens with zero attached hydrogens (tertiary/aromatic N) is 4. The van der Waals surface area contributed by atoms with E-state index >= 15 is 0 Å². The largest absolute Gasteiger partial charge is 0.365 e. The fourth-order valence-electron chi connectivity index (χ4n) is 2.17. The molecule has 0 aliphatic heterocycles. The Balaban J connectivity index is 1.89. The lowest BCUT2D eigenvalue weighted by atomic mass is 10.3. The van der Waals surface area contributed by atoms with Gasteiger partial charge in [-0.15, -0.1) is 0 Å². The molecule has 1 fully saturated rings. The fourth-order valence-corrected chi connectivity index (χ4v) is 2.34. The Kier molecular flexibility index (Phi) is 2.60. The Labute approximate surface area is 120 Å². The Bertz CT molecular complexity index is 764. The lowest BCUT2D eigenvalue weighted by Crippen LogP contribution is -2.05. The Morgan fingerprint density at radius 3 is 2.70 bits per heavy atom. The molecule has 5 nitrogen and oxygen atoms in total. The summed E-state index contributed by atoms with van der Waals surface area (Å²) in [6.45, 7) is 0. The molecule has 1 saturated carbocycles. The topological polar surface area (TPSA) is 55.6 Å². The quantitative estimate of drug-likeness (QED) is 0.752. The van der Waals surface area contributed by atoms with Gasteiger partial charge >= 0.3 is 0 Å². The summed E-state index contributed by atoms with van der Waals surface area (Å²) in [5.41, 5.74) is 2.48. The van der Waals surface area contributed by atoms with Gasteiger partial charge in [-0.1, -0.05) is 18.2 Å². The molecule has 0 saturated heterocycles. The molecular weight excluding hydrogens is 274 g/mol. The second-order valence-corrected chi connectivity index (χ2v) is 5.22. The molecule has 0 amide bonds. The highest BCUT2D eigenvalue weighted by Gasteiger charge is 2.24. The summed E-state index contributed by atoms with van der Waals surface area (Å²) in [5.74, 6) is 0.720. The number of halogens is 1. The van der Waals surface area contributed by atoms with Gasteiger partial charge in [-0.2, -0.15) is 9.97 Å². The predicted octanol–water partition coefficient (Wildman–Crippen LogP) is 3.04. The van der Waals surface area contributed by atoms with E-state index in [4.69, 9.17) is 11.6 Å². The minimum absolute atomic E-state index is 0.235. The number of nitrogens with one attached hydrogen (secondary N) is 1. The van der Waals surface area contributed by atoms with Crippen LogP contribution in [0.3, 0.4) is 0 Å². The van der Waals surface area contributed by atoms with E-state index in [2.05, 4.69) is 20.3 Å². The molecule has 0 unspecified atom stereocenters. The van der Waals surface area contributed by atoms with Crippen molar-refractivity contribution in [3.8, 4) is 5.69 Å². The van der Waals surface area contributed by atoms with Crippen LogP contribution in [0.4, 0.5) is 5.82 Å². The second-order valence-electron chi connectivity index (χ2n) is 4.88. The standard InChI is InChI=1S/C14H12ClN5/c15-14-18-12(17-9-6-7-9)11-13(19-14)20(8-16-11)10-4-2-1-3-5-10/h1-5,8-9H,6-7H2,(H,17,18,19). The molecule has 100 valence electrons. The zero-order valence-electron chi connectivity index (χ0n) is 10.6. The second kappa shape index (κ2) is 4.45. The first kappa shape index (κ1) is 11.7. The van der Waals surface area contributed by atoms with Crippen LogP contribution < -0.4 is 5.32 Å². The zero-order valence-corrected chi connectivity index (χ0v) is 11.4. The first-order valence-electron chi connectivity index (χ1n) is 6.54. The van der Waals surface area contributed by atoms with Crippen LogP contribution in [0.15, 0.2) is 36.7 Å². The number of hydrogen-bond donors (Lipinski definition) is 1. The molecule has 2 heterocycles. The van der Waals surface area contributed by atoms with Crippen LogP contribution in [0.25, 0.3) is 16.9 Å². The van der Waals surface area contributed by atoms with Crippen molar-refractivity contribution in [1.82, 2.24) is 19.5 Å². The lowest BCUT2D eigenvalue weighted by molar-refractivity contribution is 1.05. The number of fused-ring (bicyclic) bond motifs is 1. The summed E-state index contributed by atoms with van der Waals surface area (Å²) in [4.78, 5) is 13.0. The first-order valence-corrected chi connectivity index (χ1v) is 6.91. The van der Waals surface area contributed by atoms with E-state index in [0.717, 1.165) is 22.7 Å². The molecule has 0 atom stereocenters. The normalized spacial score (nSPS) is 14.7. The maximum absolute atomic E-state index is 6.04. The van der Waals surface area contributed by atoms with Crippen LogP contribution in [-0.2, 0) is 0 Å². The first-order chi connectivity index (χ1) is 9.81. The molecule has 1 aliphatic rings. The molecule has 0 radical (unpaired) electrons. The third-order valence-corrected chi connectivity index (χ3v) is 3.49. The third kappa shape index (κ3) is 2.00. The van der Waals surface area contributed by atoms with Gasteiger partial charge in [0.25, 0.3) is 0 Å². The van der Waals surface area contributed by atoms with Gasteiger partial charge in [0.05, 0.1) is 0 Å². The molecule has 1 aliphatic carbocycles. The minimum Gasteiger partial charge on any atom is -0.365 e. The van der Waals surface area contributed by atoms with E-state index in [1.807, 2.05) is 34.9 Å². The molecule has 0 bridgehead atoms. The van der Waals surface area contributed by atoms with Crippen LogP contribution in [-0.4, -0.2) is 25.6 Å². The molecular formula is C14H12ClN5. The van der Waals surface area contributed by atoms with Gasteiger partial charge in [0.1, 0.15) is 6.33 Å². The van der Waals surface area contributed by atoms with Crippen molar-refractivity contribution in [2.24, 2.45) is 0 Å². The van der Waals surface area contributed by atoms with E-state index in [1.165, 1.54) is 12.8 Å². The average molecular weight is 286 g/mol. The van der Waals surface area contributed by atoms with E-state index < -0.39 is 0 Å². The van der Waals surface area contributed by atoms with Crippen LogP contribution >= 0.6 is 11.6 Å². The number of para-hydroxylation sites is 1. The summed E-state index contributed by atoms with van der Waals surface area (Å²) in [6.07, 6.45) is 4.09. The fraction of sp³-hybridized carbons (Fsp3) is 0.214. The van der Waals surface area contributed by atoms with Crippen molar-refractivity contribution in [2.45, 2.75) is 18.9 Å². The van der Waals surface area contributed by atoms with Crippen LogP contribution in [0, 0.1) is 0 Å². The summed E-state index contributed by atoms with van der Waals surface area (Å²) >= 11 is 6.04. The number of benzene rings is 1. The van der Waals surface area contributed by atoms with Gasteiger partial charge in [0.15, 0.2) is 17.0 Å². The Hall–Kier alpha value is -2.14. The molecule has 6 heteroatoms. The highest BCUT2D eigenvalue weighted by molar-refractivity contribution is 6.28. The van der Waals surface area contributed by atoms with E-state index in [0.29, 0.717) is 6.04 Å². The molecule has 20 heavy (non-hydrogen) atoms. The van der Waals surface area contributed by atoms with Crippen LogP contribution in [0.1, 0.15) is 12.8 Å². The maximum Gasteiger partial charge on any atom is 0.226 e. The van der Waals surface area contributed by atoms with E-state index in [1.54, 1.807) is 6.33 Å². The van der Waals surface area contributed by atoms with Gasteiger partial charge in [0, 0.05) is 11.7 Å². The molecule has 2 aromatic heterocycles. The molecule has 0 spiro atoms. The van der Waals surface area contributed by atoms with Crippen molar-refractivity contribution >= 4 is 28.6 Å². The number of hydrogen-bond acceptors (Lipinski definition) is 4. The maximum atomic E-state index is 6.04. The lowest BCUT2D eigenvalue weighted by Gasteiger charge is -2.06. The summed E-state index contributed by atoms with van der Waals surface area (Å²) in [6, 6.07) is 10.4. The average Bonchev–Trinajstić information content (AvgIpc) is 3.17. The molecule has 1 N–H and O–H groups in total. The molecule has 3 aromatic rings. The van der Waals surface area contributed by atoms with Crippen molar-refractivity contribution in [3.63, 3.8) is 0 Å². The summed E-state index contributed by atoms with van der Waals surface area (Å²) in [5, 5.41) is 3.59. The molecule has 4 rings (SSSR count). The van der Waals surface area contributed by atoms with Crippen molar-refractivity contribution in [3.05, 3.63) is 41.9 Å². The molecule has 1 aromatic carbocycles. The Morgan fingerprint density at radius 2 is 1.95 bits per heavy atom. The van der Waals surface area contributed by atoms with Crippen LogP contribution in [0.2, 0.25) is 5.28 Å². The smallest absolute Gasteiger partial charge is 0.226 e. The highest BCUT2D eigenvalue weighted by atomic mass is 35.5. The van der Waals surface area contributed by atoms with Crippen molar-refractivity contribution in [2.75, 3.05) is 5.32 Å². The Morgan fingerprint density at radius 1 is 1.15 bits per heavy atom. The van der Waals surface area contributed by atoms with E-state index in [-0.39, 0.29) is 5.28 Å². The van der Waals surface area contributed by atoms with Crippen LogP contribution in [0.5, 0.6) is 0 Å². The number of aromatic nitrogens is 4. The third-order valence-electron chi connectivity index (χ3n) is 3.32. The van der Waals surface area contributed by atoms with E-state index in [9.17, 15) is 0 Å². The zero-order chi connectivity index (χ0) is 13.5. The number of anilines is 1. The van der Waals surface area contributed by atoms with Crippen molar-refractivity contribution < 1.29 is 0 Å².